The molecule has 0 bridgehead atoms. The average Bonchev–Trinajstić information content (AvgIpc) is 3.22. The fraction of sp³-hybridized carbons (Fsp3) is 0.346. The molecule has 1 fully saturated rings. The van der Waals surface area contributed by atoms with E-state index >= 15 is 0 Å². The van der Waals surface area contributed by atoms with E-state index in [4.69, 9.17) is 21.3 Å². The lowest BCUT2D eigenvalue weighted by Crippen LogP contribution is -2.59. The van der Waals surface area contributed by atoms with Gasteiger partial charge in [-0.05, 0) is 48.9 Å². The van der Waals surface area contributed by atoms with E-state index in [0.29, 0.717) is 25.5 Å². The van der Waals surface area contributed by atoms with Gasteiger partial charge in [-0.15, -0.1) is 0 Å². The molecule has 0 amide bonds. The molecule has 4 nitrogen and oxygen atoms in total. The molecular formula is C26H27ClN2O2. The summed E-state index contributed by atoms with van der Waals surface area (Å²) in [5.41, 5.74) is 7.28. The molecule has 1 saturated heterocycles. The fourth-order valence-corrected chi connectivity index (χ4v) is 5.32. The van der Waals surface area contributed by atoms with Crippen molar-refractivity contribution in [1.29, 1.82) is 0 Å². The van der Waals surface area contributed by atoms with Crippen LogP contribution in [0.1, 0.15) is 30.0 Å². The van der Waals surface area contributed by atoms with Crippen LogP contribution in [0.4, 0.5) is 0 Å². The third-order valence-corrected chi connectivity index (χ3v) is 6.77. The molecule has 2 heterocycles. The maximum Gasteiger partial charge on any atom is 0.218 e. The minimum absolute atomic E-state index is 0.591. The van der Waals surface area contributed by atoms with Gasteiger partial charge in [-0.3, -0.25) is 4.90 Å². The Kier molecular flexibility index (Phi) is 5.25. The van der Waals surface area contributed by atoms with E-state index in [0.717, 1.165) is 40.2 Å². The Balaban J connectivity index is 1.48. The van der Waals surface area contributed by atoms with Crippen LogP contribution in [0.2, 0.25) is 5.02 Å². The largest absolute Gasteiger partial charge is 0.481 e. The van der Waals surface area contributed by atoms with E-state index in [-0.39, 0.29) is 0 Å². The quantitative estimate of drug-likeness (QED) is 0.604. The Bertz CT molecular complexity index is 1130. The molecule has 31 heavy (non-hydrogen) atoms. The molecular weight excluding hydrogens is 408 g/mol. The van der Waals surface area contributed by atoms with Crippen molar-refractivity contribution < 1.29 is 9.84 Å². The van der Waals surface area contributed by atoms with Crippen LogP contribution in [-0.4, -0.2) is 40.8 Å². The standard InChI is InChI=1S/C26H27ClN2O2/c1-26(30)15-29(16-26)14-18-12-13-23(28-25(18)31-2)22-11-5-10-21(24(22)27)20-9-4-7-17-6-3-8-19(17)20/h4-5,7,9-13,30H,3,6,8,14-16H2,1-2H3. The Morgan fingerprint density at radius 1 is 1.03 bits per heavy atom. The van der Waals surface area contributed by atoms with Gasteiger partial charge in [-0.25, -0.2) is 4.98 Å². The van der Waals surface area contributed by atoms with Gasteiger partial charge < -0.3 is 9.84 Å². The first-order valence-corrected chi connectivity index (χ1v) is 11.2. The highest BCUT2D eigenvalue weighted by molar-refractivity contribution is 6.36. The first-order valence-electron chi connectivity index (χ1n) is 10.8. The van der Waals surface area contributed by atoms with Gasteiger partial charge in [0.2, 0.25) is 5.88 Å². The monoisotopic (exact) mass is 434 g/mol. The van der Waals surface area contributed by atoms with E-state index in [9.17, 15) is 5.11 Å². The van der Waals surface area contributed by atoms with Gasteiger partial charge in [0.15, 0.2) is 0 Å². The minimum Gasteiger partial charge on any atom is -0.481 e. The number of fused-ring (bicyclic) bond motifs is 1. The summed E-state index contributed by atoms with van der Waals surface area (Å²) < 4.78 is 5.60. The van der Waals surface area contributed by atoms with Crippen LogP contribution in [0, 0.1) is 0 Å². The van der Waals surface area contributed by atoms with E-state index in [2.05, 4.69) is 41.3 Å². The fourth-order valence-electron chi connectivity index (χ4n) is 5.00. The molecule has 1 aliphatic carbocycles. The Labute approximate surface area is 188 Å². The highest BCUT2D eigenvalue weighted by Gasteiger charge is 2.36. The lowest BCUT2D eigenvalue weighted by molar-refractivity contribution is -0.0873. The maximum atomic E-state index is 9.99. The normalized spacial score (nSPS) is 17.3. The molecule has 0 unspecified atom stereocenters. The molecule has 2 aliphatic rings. The highest BCUT2D eigenvalue weighted by Crippen LogP contribution is 2.40. The second-order valence-electron chi connectivity index (χ2n) is 8.97. The van der Waals surface area contributed by atoms with E-state index in [1.165, 1.54) is 23.1 Å². The van der Waals surface area contributed by atoms with Crippen LogP contribution < -0.4 is 4.74 Å². The topological polar surface area (TPSA) is 45.6 Å². The maximum absolute atomic E-state index is 9.99. The number of β-amino-alcohol motifs (C(OH)–C–C–N with tert-alkyl or cyclic N) is 1. The summed E-state index contributed by atoms with van der Waals surface area (Å²) in [5.74, 6) is 0.603. The number of hydrogen-bond acceptors (Lipinski definition) is 4. The van der Waals surface area contributed by atoms with Gasteiger partial charge in [0.1, 0.15) is 0 Å². The first kappa shape index (κ1) is 20.5. The number of hydrogen-bond donors (Lipinski definition) is 1. The molecule has 5 rings (SSSR count). The van der Waals surface area contributed by atoms with Gasteiger partial charge in [0.05, 0.1) is 23.4 Å². The number of aliphatic hydroxyl groups is 1. The highest BCUT2D eigenvalue weighted by atomic mass is 35.5. The number of aryl methyl sites for hydroxylation is 1. The first-order chi connectivity index (χ1) is 14.9. The van der Waals surface area contributed by atoms with Crippen molar-refractivity contribution in [2.45, 2.75) is 38.3 Å². The van der Waals surface area contributed by atoms with Crippen LogP contribution in [-0.2, 0) is 19.4 Å². The van der Waals surface area contributed by atoms with Gasteiger partial charge in [-0.1, -0.05) is 54.1 Å². The van der Waals surface area contributed by atoms with Crippen LogP contribution in [0.5, 0.6) is 5.88 Å². The number of halogens is 1. The smallest absolute Gasteiger partial charge is 0.218 e. The third kappa shape index (κ3) is 3.84. The zero-order chi connectivity index (χ0) is 21.6. The molecule has 3 aromatic rings. The van der Waals surface area contributed by atoms with E-state index in [1.807, 2.05) is 19.1 Å². The number of methoxy groups -OCH3 is 1. The van der Waals surface area contributed by atoms with Crippen molar-refractivity contribution in [3.63, 3.8) is 0 Å². The number of pyridine rings is 1. The molecule has 1 aliphatic heterocycles. The van der Waals surface area contributed by atoms with Crippen LogP contribution in [0.25, 0.3) is 22.4 Å². The van der Waals surface area contributed by atoms with Crippen molar-refractivity contribution in [2.24, 2.45) is 0 Å². The van der Waals surface area contributed by atoms with Crippen LogP contribution >= 0.6 is 11.6 Å². The molecule has 0 saturated carbocycles. The van der Waals surface area contributed by atoms with Crippen molar-refractivity contribution in [3.8, 4) is 28.3 Å². The van der Waals surface area contributed by atoms with Crippen molar-refractivity contribution in [3.05, 3.63) is 70.2 Å². The SMILES string of the molecule is COc1nc(-c2cccc(-c3cccc4c3CCC4)c2Cl)ccc1CN1CC(C)(O)C1. The predicted octanol–water partition coefficient (Wildman–Crippen LogP) is 5.13. The molecule has 1 N–H and O–H groups in total. The number of nitrogens with zero attached hydrogens (tertiary/aromatic N) is 2. The van der Waals surface area contributed by atoms with Crippen LogP contribution in [0.15, 0.2) is 48.5 Å². The molecule has 0 radical (unpaired) electrons. The van der Waals surface area contributed by atoms with E-state index in [1.54, 1.807) is 7.11 Å². The molecule has 160 valence electrons. The van der Waals surface area contributed by atoms with Crippen molar-refractivity contribution in [2.75, 3.05) is 20.2 Å². The van der Waals surface area contributed by atoms with Gasteiger partial charge in [0, 0.05) is 36.3 Å². The lowest BCUT2D eigenvalue weighted by Gasteiger charge is -2.44. The number of rotatable bonds is 5. The summed E-state index contributed by atoms with van der Waals surface area (Å²) in [5, 5.41) is 10.7. The van der Waals surface area contributed by atoms with Gasteiger partial charge >= 0.3 is 0 Å². The average molecular weight is 435 g/mol. The zero-order valence-electron chi connectivity index (χ0n) is 18.0. The summed E-state index contributed by atoms with van der Waals surface area (Å²) in [6.45, 7) is 3.88. The molecule has 2 aromatic carbocycles. The number of benzene rings is 2. The van der Waals surface area contributed by atoms with Gasteiger partial charge in [-0.2, -0.15) is 0 Å². The summed E-state index contributed by atoms with van der Waals surface area (Å²) >= 11 is 6.95. The molecule has 5 heteroatoms. The van der Waals surface area contributed by atoms with Crippen LogP contribution in [0.3, 0.4) is 0 Å². The van der Waals surface area contributed by atoms with E-state index < -0.39 is 5.60 Å². The van der Waals surface area contributed by atoms with Gasteiger partial charge in [0.25, 0.3) is 0 Å². The zero-order valence-corrected chi connectivity index (χ0v) is 18.7. The second-order valence-corrected chi connectivity index (χ2v) is 9.35. The summed E-state index contributed by atoms with van der Waals surface area (Å²) in [6.07, 6.45) is 3.46. The summed E-state index contributed by atoms with van der Waals surface area (Å²) in [4.78, 5) is 6.96. The Morgan fingerprint density at radius 3 is 2.55 bits per heavy atom. The predicted molar refractivity (Wildman–Crippen MR) is 125 cm³/mol. The van der Waals surface area contributed by atoms with Crippen molar-refractivity contribution in [1.82, 2.24) is 9.88 Å². The summed E-state index contributed by atoms with van der Waals surface area (Å²) in [7, 11) is 1.65. The number of ether oxygens (including phenoxy) is 1. The second kappa shape index (κ2) is 7.94. The minimum atomic E-state index is -0.591. The number of aromatic nitrogens is 1. The third-order valence-electron chi connectivity index (χ3n) is 6.37. The number of likely N-dealkylation sites (tertiary alicyclic amines) is 1. The molecule has 0 spiro atoms. The molecule has 1 aromatic heterocycles. The Morgan fingerprint density at radius 2 is 1.77 bits per heavy atom. The Hall–Kier alpha value is -2.40. The van der Waals surface area contributed by atoms with Crippen molar-refractivity contribution >= 4 is 11.6 Å². The lowest BCUT2D eigenvalue weighted by atomic mass is 9.94. The summed E-state index contributed by atoms with van der Waals surface area (Å²) in [6, 6.07) is 16.8. The molecule has 0 atom stereocenters.